The Morgan fingerprint density at radius 3 is 2.51 bits per heavy atom. The second-order valence-electron chi connectivity index (χ2n) is 11.1. The Kier molecular flexibility index (Phi) is 8.32. The van der Waals surface area contributed by atoms with Crippen molar-refractivity contribution in [2.24, 2.45) is 11.3 Å². The molecule has 10 nitrogen and oxygen atoms in total. The summed E-state index contributed by atoms with van der Waals surface area (Å²) in [4.78, 5) is 40.3. The number of fused-ring (bicyclic) bond motifs is 1. The van der Waals surface area contributed by atoms with Crippen molar-refractivity contribution in [3.8, 4) is 0 Å². The van der Waals surface area contributed by atoms with E-state index in [0.717, 1.165) is 43.7 Å². The van der Waals surface area contributed by atoms with Crippen molar-refractivity contribution in [3.05, 3.63) is 52.3 Å². The van der Waals surface area contributed by atoms with Crippen molar-refractivity contribution in [1.29, 1.82) is 0 Å². The second-order valence-corrected chi connectivity index (χ2v) is 11.1. The Bertz CT molecular complexity index is 1200. The van der Waals surface area contributed by atoms with Crippen molar-refractivity contribution in [3.63, 3.8) is 0 Å². The van der Waals surface area contributed by atoms with Crippen molar-refractivity contribution >= 4 is 17.8 Å². The third kappa shape index (κ3) is 6.01. The Labute approximate surface area is 229 Å². The second kappa shape index (κ2) is 11.9. The first-order valence-electron chi connectivity index (χ1n) is 14.1. The number of piperazine rings is 1. The molecule has 2 saturated heterocycles. The maximum atomic E-state index is 13.0. The fourth-order valence-electron chi connectivity index (χ4n) is 5.77. The SMILES string of the molecule is CCc1nn(CC(C)COC(=O)c2ccc(C(=O)N3CCNCC3)cc2)c2c1C(=O)NCC1(CCOCC1)C2. The van der Waals surface area contributed by atoms with Gasteiger partial charge in [0.25, 0.3) is 11.8 Å². The maximum absolute atomic E-state index is 13.0. The van der Waals surface area contributed by atoms with Gasteiger partial charge in [0.15, 0.2) is 0 Å². The number of hydrogen-bond donors (Lipinski definition) is 2. The molecule has 1 aromatic heterocycles. The van der Waals surface area contributed by atoms with E-state index in [1.165, 1.54) is 0 Å². The number of esters is 1. The van der Waals surface area contributed by atoms with E-state index < -0.39 is 5.97 Å². The van der Waals surface area contributed by atoms with E-state index in [-0.39, 0.29) is 29.8 Å². The number of benzene rings is 1. The van der Waals surface area contributed by atoms with Gasteiger partial charge < -0.3 is 25.0 Å². The lowest BCUT2D eigenvalue weighted by atomic mass is 9.76. The van der Waals surface area contributed by atoms with Gasteiger partial charge in [-0.1, -0.05) is 13.8 Å². The molecule has 3 aliphatic heterocycles. The van der Waals surface area contributed by atoms with Gasteiger partial charge in [0.1, 0.15) is 0 Å². The maximum Gasteiger partial charge on any atom is 0.338 e. The minimum Gasteiger partial charge on any atom is -0.462 e. The Morgan fingerprint density at radius 2 is 1.82 bits per heavy atom. The highest BCUT2D eigenvalue weighted by Gasteiger charge is 2.39. The molecule has 10 heteroatoms. The van der Waals surface area contributed by atoms with Crippen LogP contribution in [0.3, 0.4) is 0 Å². The molecular formula is C29H39N5O5. The lowest BCUT2D eigenvalue weighted by Gasteiger charge is -2.36. The minimum absolute atomic E-state index is 0.00632. The van der Waals surface area contributed by atoms with Gasteiger partial charge in [-0.2, -0.15) is 5.10 Å². The largest absolute Gasteiger partial charge is 0.462 e. The van der Waals surface area contributed by atoms with E-state index in [0.29, 0.717) is 62.5 Å². The highest BCUT2D eigenvalue weighted by molar-refractivity contribution is 5.97. The third-order valence-corrected chi connectivity index (χ3v) is 8.17. The highest BCUT2D eigenvalue weighted by Crippen LogP contribution is 2.37. The average Bonchev–Trinajstić information content (AvgIpc) is 3.24. The van der Waals surface area contributed by atoms with Crippen LogP contribution in [0, 0.1) is 11.3 Å². The number of hydrogen-bond acceptors (Lipinski definition) is 7. The first-order valence-corrected chi connectivity index (χ1v) is 14.1. The van der Waals surface area contributed by atoms with E-state index >= 15 is 0 Å². The number of carbonyl (C=O) groups is 3. The van der Waals surface area contributed by atoms with Crippen LogP contribution in [0.15, 0.2) is 24.3 Å². The molecule has 0 aliphatic carbocycles. The third-order valence-electron chi connectivity index (χ3n) is 8.17. The minimum atomic E-state index is -0.419. The van der Waals surface area contributed by atoms with Gasteiger partial charge in [-0.15, -0.1) is 0 Å². The summed E-state index contributed by atoms with van der Waals surface area (Å²) >= 11 is 0. The monoisotopic (exact) mass is 537 g/mol. The lowest BCUT2D eigenvalue weighted by molar-refractivity contribution is 0.0151. The first-order chi connectivity index (χ1) is 18.9. The van der Waals surface area contributed by atoms with E-state index in [1.807, 2.05) is 23.4 Å². The summed E-state index contributed by atoms with van der Waals surface area (Å²) in [5.74, 6) is -0.495. The quantitative estimate of drug-likeness (QED) is 0.520. The number of ether oxygens (including phenoxy) is 2. The van der Waals surface area contributed by atoms with Gasteiger partial charge >= 0.3 is 5.97 Å². The smallest absolute Gasteiger partial charge is 0.338 e. The molecule has 1 spiro atoms. The summed E-state index contributed by atoms with van der Waals surface area (Å²) in [7, 11) is 0. The Balaban J connectivity index is 1.22. The van der Waals surface area contributed by atoms with Gasteiger partial charge in [-0.3, -0.25) is 14.3 Å². The van der Waals surface area contributed by atoms with Crippen LogP contribution in [-0.4, -0.2) is 85.0 Å². The zero-order valence-electron chi connectivity index (χ0n) is 23.0. The molecule has 0 radical (unpaired) electrons. The molecule has 4 heterocycles. The van der Waals surface area contributed by atoms with Gasteiger partial charge in [0, 0.05) is 64.0 Å². The van der Waals surface area contributed by atoms with Crippen molar-refractivity contribution < 1.29 is 23.9 Å². The summed E-state index contributed by atoms with van der Waals surface area (Å²) < 4.78 is 13.2. The lowest BCUT2D eigenvalue weighted by Crippen LogP contribution is -2.46. The number of aryl methyl sites for hydroxylation is 1. The normalized spacial score (nSPS) is 19.6. The number of rotatable bonds is 7. The van der Waals surface area contributed by atoms with Crippen LogP contribution in [0.5, 0.6) is 0 Å². The number of nitrogens with zero attached hydrogens (tertiary/aromatic N) is 3. The molecule has 2 fully saturated rings. The molecule has 210 valence electrons. The van der Waals surface area contributed by atoms with Gasteiger partial charge in [0.05, 0.1) is 29.1 Å². The zero-order chi connectivity index (χ0) is 27.4. The van der Waals surface area contributed by atoms with Gasteiger partial charge in [0.2, 0.25) is 0 Å². The van der Waals surface area contributed by atoms with Crippen LogP contribution < -0.4 is 10.6 Å². The van der Waals surface area contributed by atoms with Crippen molar-refractivity contribution in [2.45, 2.75) is 46.1 Å². The molecule has 39 heavy (non-hydrogen) atoms. The topological polar surface area (TPSA) is 115 Å². The van der Waals surface area contributed by atoms with Crippen LogP contribution in [0.1, 0.15) is 69.2 Å². The van der Waals surface area contributed by atoms with Crippen LogP contribution >= 0.6 is 0 Å². The molecule has 0 saturated carbocycles. The summed E-state index contributed by atoms with van der Waals surface area (Å²) in [6.07, 6.45) is 3.27. The van der Waals surface area contributed by atoms with Gasteiger partial charge in [-0.05, 0) is 55.4 Å². The average molecular weight is 538 g/mol. The summed E-state index contributed by atoms with van der Waals surface area (Å²) in [5, 5.41) is 11.2. The van der Waals surface area contributed by atoms with E-state index in [4.69, 9.17) is 14.6 Å². The molecule has 2 aromatic rings. The Morgan fingerprint density at radius 1 is 1.13 bits per heavy atom. The predicted octanol–water partition coefficient (Wildman–Crippen LogP) is 2.07. The first kappa shape index (κ1) is 27.3. The van der Waals surface area contributed by atoms with Gasteiger partial charge in [-0.25, -0.2) is 4.79 Å². The molecule has 2 N–H and O–H groups in total. The molecule has 2 amide bonds. The molecule has 0 bridgehead atoms. The van der Waals surface area contributed by atoms with E-state index in [1.54, 1.807) is 24.3 Å². The van der Waals surface area contributed by atoms with E-state index in [9.17, 15) is 14.4 Å². The fourth-order valence-corrected chi connectivity index (χ4v) is 5.77. The molecule has 1 atom stereocenters. The van der Waals surface area contributed by atoms with Crippen LogP contribution in [0.2, 0.25) is 0 Å². The standard InChI is InChI=1S/C29H39N5O5/c1-3-23-25-24(16-29(19-31-26(25)35)8-14-38-15-9-29)34(32-23)17-20(2)18-39-28(37)22-6-4-21(5-7-22)27(36)33-12-10-30-11-13-33/h4-7,20,30H,3,8-19H2,1-2H3,(H,31,35). The molecular weight excluding hydrogens is 498 g/mol. The highest BCUT2D eigenvalue weighted by atomic mass is 16.5. The fraction of sp³-hybridized carbons (Fsp3) is 0.586. The summed E-state index contributed by atoms with van der Waals surface area (Å²) in [6, 6.07) is 6.67. The summed E-state index contributed by atoms with van der Waals surface area (Å²) in [6.45, 7) is 9.81. The summed E-state index contributed by atoms with van der Waals surface area (Å²) in [5.41, 5.74) is 3.46. The van der Waals surface area contributed by atoms with E-state index in [2.05, 4.69) is 10.6 Å². The molecule has 1 aromatic carbocycles. The molecule has 5 rings (SSSR count). The predicted molar refractivity (Wildman–Crippen MR) is 145 cm³/mol. The van der Waals surface area contributed by atoms with Crippen molar-refractivity contribution in [1.82, 2.24) is 25.3 Å². The number of amides is 2. The number of carbonyl (C=O) groups excluding carboxylic acids is 3. The van der Waals surface area contributed by atoms with Crippen molar-refractivity contribution in [2.75, 3.05) is 52.5 Å². The molecule has 1 unspecified atom stereocenters. The van der Waals surface area contributed by atoms with Crippen LogP contribution in [0.25, 0.3) is 0 Å². The van der Waals surface area contributed by atoms with Crippen LogP contribution in [0.4, 0.5) is 0 Å². The zero-order valence-corrected chi connectivity index (χ0v) is 23.0. The molecule has 3 aliphatic rings. The number of nitrogens with one attached hydrogen (secondary N) is 2. The Hall–Kier alpha value is -3.24. The number of aromatic nitrogens is 2. The van der Waals surface area contributed by atoms with Crippen LogP contribution in [-0.2, 0) is 28.9 Å².